The molecular formula is C14H22Cl2N2. The highest BCUT2D eigenvalue weighted by molar-refractivity contribution is 6.32. The number of hydrogen-bond acceptors (Lipinski definition) is 2. The minimum atomic E-state index is 0.0807. The van der Waals surface area contributed by atoms with Crippen LogP contribution in [0.1, 0.15) is 38.5 Å². The SMILES string of the molecule is CN1[C@@H]2CCC[C@H]1C(Cl)=C(N1CCCCC1)[C@@H]2Cl. The number of fused-ring (bicyclic) bond motifs is 2. The maximum absolute atomic E-state index is 6.75. The summed E-state index contributed by atoms with van der Waals surface area (Å²) in [7, 11) is 2.18. The van der Waals surface area contributed by atoms with Crippen molar-refractivity contribution >= 4 is 23.2 Å². The smallest absolute Gasteiger partial charge is 0.0901 e. The minimum absolute atomic E-state index is 0.0807. The Hall–Kier alpha value is 0.0800. The molecule has 2 saturated heterocycles. The summed E-state index contributed by atoms with van der Waals surface area (Å²) in [5, 5.41) is 1.10. The molecule has 18 heavy (non-hydrogen) atoms. The molecule has 0 aromatic carbocycles. The highest BCUT2D eigenvalue weighted by Gasteiger charge is 2.43. The van der Waals surface area contributed by atoms with E-state index in [0.717, 1.165) is 18.1 Å². The van der Waals surface area contributed by atoms with Crippen LogP contribution in [0.2, 0.25) is 0 Å². The van der Waals surface area contributed by atoms with Gasteiger partial charge in [0.1, 0.15) is 0 Å². The fourth-order valence-electron chi connectivity index (χ4n) is 3.76. The molecule has 0 N–H and O–H groups in total. The summed E-state index contributed by atoms with van der Waals surface area (Å²) in [6.07, 6.45) is 7.56. The minimum Gasteiger partial charge on any atom is -0.373 e. The Morgan fingerprint density at radius 1 is 1.06 bits per heavy atom. The number of halogens is 2. The van der Waals surface area contributed by atoms with Gasteiger partial charge >= 0.3 is 0 Å². The predicted octanol–water partition coefficient (Wildman–Crippen LogP) is 3.40. The number of piperidine rings is 2. The van der Waals surface area contributed by atoms with Gasteiger partial charge in [0.25, 0.3) is 0 Å². The van der Waals surface area contributed by atoms with Gasteiger partial charge in [-0.25, -0.2) is 0 Å². The van der Waals surface area contributed by atoms with Crippen molar-refractivity contribution < 1.29 is 0 Å². The largest absolute Gasteiger partial charge is 0.373 e. The molecule has 3 atom stereocenters. The topological polar surface area (TPSA) is 6.48 Å². The van der Waals surface area contributed by atoms with Crippen molar-refractivity contribution in [1.82, 2.24) is 9.80 Å². The van der Waals surface area contributed by atoms with Gasteiger partial charge in [0.15, 0.2) is 0 Å². The summed E-state index contributed by atoms with van der Waals surface area (Å²) < 4.78 is 0. The molecule has 2 fully saturated rings. The van der Waals surface area contributed by atoms with Crippen LogP contribution in [0.4, 0.5) is 0 Å². The Labute approximate surface area is 120 Å². The maximum Gasteiger partial charge on any atom is 0.0901 e. The van der Waals surface area contributed by atoms with Crippen LogP contribution in [0.3, 0.4) is 0 Å². The molecule has 0 aromatic heterocycles. The van der Waals surface area contributed by atoms with E-state index in [1.165, 1.54) is 44.2 Å². The van der Waals surface area contributed by atoms with Crippen LogP contribution in [0.15, 0.2) is 10.7 Å². The number of likely N-dealkylation sites (tertiary alicyclic amines) is 1. The third kappa shape index (κ3) is 2.07. The van der Waals surface area contributed by atoms with E-state index in [9.17, 15) is 0 Å². The van der Waals surface area contributed by atoms with Crippen LogP contribution in [0, 0.1) is 0 Å². The fraction of sp³-hybridized carbons (Fsp3) is 0.857. The molecule has 0 unspecified atom stereocenters. The highest BCUT2D eigenvalue weighted by atomic mass is 35.5. The summed E-state index contributed by atoms with van der Waals surface area (Å²) in [6.45, 7) is 2.27. The summed E-state index contributed by atoms with van der Waals surface area (Å²) in [5.41, 5.74) is 1.26. The summed E-state index contributed by atoms with van der Waals surface area (Å²) in [6, 6.07) is 0.891. The molecule has 0 amide bonds. The van der Waals surface area contributed by atoms with Crippen LogP contribution in [0.5, 0.6) is 0 Å². The molecule has 0 saturated carbocycles. The molecule has 0 aliphatic carbocycles. The molecule has 3 aliphatic heterocycles. The van der Waals surface area contributed by atoms with Gasteiger partial charge < -0.3 is 4.90 Å². The van der Waals surface area contributed by atoms with E-state index in [1.54, 1.807) is 0 Å². The third-order valence-corrected chi connectivity index (χ3v) is 5.77. The molecule has 0 spiro atoms. The van der Waals surface area contributed by atoms with Gasteiger partial charge in [-0.05, 0) is 45.6 Å². The average Bonchev–Trinajstić information content (AvgIpc) is 2.38. The monoisotopic (exact) mass is 288 g/mol. The molecule has 3 aliphatic rings. The first-order valence-electron chi connectivity index (χ1n) is 7.20. The lowest BCUT2D eigenvalue weighted by atomic mass is 9.86. The summed E-state index contributed by atoms with van der Waals surface area (Å²) >= 11 is 13.4. The molecular weight excluding hydrogens is 267 g/mol. The number of hydrogen-bond donors (Lipinski definition) is 0. The zero-order valence-corrected chi connectivity index (χ0v) is 12.6. The van der Waals surface area contributed by atoms with Gasteiger partial charge in [-0.1, -0.05) is 11.6 Å². The standard InChI is InChI=1S/C14H22Cl2N2/c1-17-10-6-5-7-11(17)13(16)14(12(10)15)18-8-3-2-4-9-18/h10-12H,2-9H2,1H3/t10-,11+,12-/m1/s1. The van der Waals surface area contributed by atoms with Crippen molar-refractivity contribution in [1.29, 1.82) is 0 Å². The van der Waals surface area contributed by atoms with Crippen molar-refractivity contribution in [2.45, 2.75) is 56.0 Å². The molecule has 0 radical (unpaired) electrons. The van der Waals surface area contributed by atoms with Crippen molar-refractivity contribution in [2.75, 3.05) is 20.1 Å². The molecule has 3 heterocycles. The van der Waals surface area contributed by atoms with Crippen LogP contribution in [-0.4, -0.2) is 47.4 Å². The van der Waals surface area contributed by atoms with E-state index in [0.29, 0.717) is 12.1 Å². The molecule has 2 bridgehead atoms. The lowest BCUT2D eigenvalue weighted by Gasteiger charge is -2.49. The number of alkyl halides is 1. The lowest BCUT2D eigenvalue weighted by molar-refractivity contribution is 0.111. The normalized spacial score (nSPS) is 38.2. The van der Waals surface area contributed by atoms with Gasteiger partial charge in [0.05, 0.1) is 10.4 Å². The Balaban J connectivity index is 1.92. The molecule has 4 heteroatoms. The van der Waals surface area contributed by atoms with E-state index in [4.69, 9.17) is 23.2 Å². The lowest BCUT2D eigenvalue weighted by Crippen LogP contribution is -2.55. The second kappa shape index (κ2) is 5.22. The van der Waals surface area contributed by atoms with Crippen LogP contribution in [0.25, 0.3) is 0 Å². The number of nitrogens with zero attached hydrogens (tertiary/aromatic N) is 2. The van der Waals surface area contributed by atoms with Crippen molar-refractivity contribution in [3.8, 4) is 0 Å². The van der Waals surface area contributed by atoms with Crippen LogP contribution in [-0.2, 0) is 0 Å². The molecule has 2 nitrogen and oxygen atoms in total. The quantitative estimate of drug-likeness (QED) is 0.683. The summed E-state index contributed by atoms with van der Waals surface area (Å²) in [5.74, 6) is 0. The van der Waals surface area contributed by atoms with Gasteiger partial charge in [-0.2, -0.15) is 0 Å². The Morgan fingerprint density at radius 2 is 1.78 bits per heavy atom. The zero-order valence-electron chi connectivity index (χ0n) is 11.0. The number of likely N-dealkylation sites (N-methyl/N-ethyl adjacent to an activating group) is 1. The zero-order chi connectivity index (χ0) is 12.7. The first-order valence-corrected chi connectivity index (χ1v) is 8.02. The van der Waals surface area contributed by atoms with Crippen molar-refractivity contribution in [2.24, 2.45) is 0 Å². The van der Waals surface area contributed by atoms with Gasteiger partial charge in [0, 0.05) is 30.9 Å². The van der Waals surface area contributed by atoms with Gasteiger partial charge in [-0.3, -0.25) is 4.90 Å². The van der Waals surface area contributed by atoms with Crippen molar-refractivity contribution in [3.63, 3.8) is 0 Å². The molecule has 3 rings (SSSR count). The third-order valence-electron chi connectivity index (χ3n) is 4.83. The highest BCUT2D eigenvalue weighted by Crippen LogP contribution is 2.42. The van der Waals surface area contributed by atoms with E-state index in [1.807, 2.05) is 0 Å². The second-order valence-corrected chi connectivity index (χ2v) is 6.74. The van der Waals surface area contributed by atoms with Crippen molar-refractivity contribution in [3.05, 3.63) is 10.7 Å². The predicted molar refractivity (Wildman–Crippen MR) is 77.1 cm³/mol. The molecule has 102 valence electrons. The van der Waals surface area contributed by atoms with E-state index >= 15 is 0 Å². The number of rotatable bonds is 1. The first kappa shape index (κ1) is 13.1. The van der Waals surface area contributed by atoms with E-state index in [-0.39, 0.29) is 5.38 Å². The Bertz CT molecular complexity index is 350. The van der Waals surface area contributed by atoms with Gasteiger partial charge in [-0.15, -0.1) is 11.6 Å². The van der Waals surface area contributed by atoms with Crippen LogP contribution >= 0.6 is 23.2 Å². The maximum atomic E-state index is 6.75. The fourth-order valence-corrected chi connectivity index (χ4v) is 4.88. The first-order chi connectivity index (χ1) is 8.70. The molecule has 0 aromatic rings. The average molecular weight is 289 g/mol. The Kier molecular flexibility index (Phi) is 3.80. The second-order valence-electron chi connectivity index (χ2n) is 5.86. The van der Waals surface area contributed by atoms with Crippen LogP contribution < -0.4 is 0 Å². The van der Waals surface area contributed by atoms with E-state index in [2.05, 4.69) is 16.8 Å². The Morgan fingerprint density at radius 3 is 2.50 bits per heavy atom. The van der Waals surface area contributed by atoms with E-state index < -0.39 is 0 Å². The summed E-state index contributed by atoms with van der Waals surface area (Å²) in [4.78, 5) is 4.86. The van der Waals surface area contributed by atoms with Gasteiger partial charge in [0.2, 0.25) is 0 Å².